The van der Waals surface area contributed by atoms with E-state index in [1.165, 1.54) is 46.9 Å². The zero-order valence-corrected chi connectivity index (χ0v) is 22.0. The van der Waals surface area contributed by atoms with Crippen LogP contribution in [-0.2, 0) is 11.3 Å². The van der Waals surface area contributed by atoms with E-state index in [4.69, 9.17) is 16.3 Å². The summed E-state index contributed by atoms with van der Waals surface area (Å²) in [6, 6.07) is 12.0. The molecule has 186 valence electrons. The maximum absolute atomic E-state index is 13.3. The number of hydrogen-bond donors (Lipinski definition) is 1. The Kier molecular flexibility index (Phi) is 8.40. The van der Waals surface area contributed by atoms with Crippen molar-refractivity contribution in [1.29, 1.82) is 0 Å². The first kappa shape index (κ1) is 25.9. The van der Waals surface area contributed by atoms with Gasteiger partial charge in [0.15, 0.2) is 22.2 Å². The second-order valence-electron chi connectivity index (χ2n) is 7.82. The highest BCUT2D eigenvalue weighted by atomic mass is 35.5. The second-order valence-corrected chi connectivity index (χ2v) is 10.0. The Bertz CT molecular complexity index is 1370. The van der Waals surface area contributed by atoms with Crippen LogP contribution in [0.3, 0.4) is 0 Å². The van der Waals surface area contributed by atoms with Crippen LogP contribution in [0.2, 0.25) is 5.02 Å². The number of halogens is 2. The van der Waals surface area contributed by atoms with Gasteiger partial charge in [-0.3, -0.25) is 9.36 Å². The van der Waals surface area contributed by atoms with E-state index in [0.717, 1.165) is 11.3 Å². The van der Waals surface area contributed by atoms with Gasteiger partial charge in [-0.25, -0.2) is 9.37 Å². The molecule has 11 heteroatoms. The number of carbonyl (C=O) groups excluding carboxylic acids is 1. The smallest absolute Gasteiger partial charge is 0.236 e. The Balaban J connectivity index is 1.39. The number of thioether (sulfide) groups is 1. The molecule has 1 N–H and O–H groups in total. The van der Waals surface area contributed by atoms with Crippen LogP contribution < -0.4 is 10.1 Å². The van der Waals surface area contributed by atoms with Crippen molar-refractivity contribution in [3.8, 4) is 17.0 Å². The first-order valence-electron chi connectivity index (χ1n) is 10.9. The summed E-state index contributed by atoms with van der Waals surface area (Å²) in [7, 11) is 0. The molecule has 1 atom stereocenters. The van der Waals surface area contributed by atoms with Gasteiger partial charge in [0.2, 0.25) is 5.91 Å². The number of anilines is 1. The molecule has 1 amide bonds. The van der Waals surface area contributed by atoms with E-state index in [1.807, 2.05) is 41.1 Å². The van der Waals surface area contributed by atoms with Gasteiger partial charge in [-0.15, -0.1) is 28.1 Å². The third kappa shape index (κ3) is 6.31. The van der Waals surface area contributed by atoms with Crippen LogP contribution in [0.4, 0.5) is 9.52 Å². The van der Waals surface area contributed by atoms with Crippen molar-refractivity contribution in [2.75, 3.05) is 11.1 Å². The minimum Gasteiger partial charge on any atom is -0.481 e. The summed E-state index contributed by atoms with van der Waals surface area (Å²) in [5.74, 6) is 0.327. The molecular weight excluding hydrogens is 521 g/mol. The van der Waals surface area contributed by atoms with E-state index in [0.29, 0.717) is 28.4 Å². The van der Waals surface area contributed by atoms with Crippen LogP contribution >= 0.6 is 34.7 Å². The van der Waals surface area contributed by atoms with Gasteiger partial charge >= 0.3 is 0 Å². The molecule has 0 radical (unpaired) electrons. The minimum atomic E-state index is -0.529. The van der Waals surface area contributed by atoms with Gasteiger partial charge in [-0.2, -0.15) is 0 Å². The maximum Gasteiger partial charge on any atom is 0.236 e. The Morgan fingerprint density at radius 1 is 1.31 bits per heavy atom. The number of amides is 1. The number of hydrogen-bond acceptors (Lipinski definition) is 7. The Labute approximate surface area is 221 Å². The highest BCUT2D eigenvalue weighted by Crippen LogP contribution is 2.30. The van der Waals surface area contributed by atoms with Crippen LogP contribution in [0.15, 0.2) is 65.7 Å². The molecule has 0 aliphatic heterocycles. The number of nitrogens with zero attached hydrogens (tertiary/aromatic N) is 4. The van der Waals surface area contributed by atoms with E-state index in [2.05, 4.69) is 27.1 Å². The molecule has 4 aromatic rings. The highest BCUT2D eigenvalue weighted by Gasteiger charge is 2.21. The molecule has 0 aliphatic carbocycles. The lowest BCUT2D eigenvalue weighted by molar-refractivity contribution is -0.113. The molecule has 2 aromatic heterocycles. The van der Waals surface area contributed by atoms with Crippen molar-refractivity contribution in [2.24, 2.45) is 0 Å². The van der Waals surface area contributed by atoms with E-state index in [-0.39, 0.29) is 16.7 Å². The number of aromatic nitrogens is 4. The Morgan fingerprint density at radius 3 is 2.81 bits per heavy atom. The number of carbonyl (C=O) groups is 1. The van der Waals surface area contributed by atoms with Crippen molar-refractivity contribution in [1.82, 2.24) is 19.7 Å². The number of rotatable bonds is 10. The summed E-state index contributed by atoms with van der Waals surface area (Å²) in [4.78, 5) is 17.1. The third-order valence-electron chi connectivity index (χ3n) is 5.05. The van der Waals surface area contributed by atoms with Crippen LogP contribution in [-0.4, -0.2) is 31.4 Å². The molecule has 0 saturated heterocycles. The summed E-state index contributed by atoms with van der Waals surface area (Å²) in [5.41, 5.74) is 2.98. The molecule has 0 fully saturated rings. The number of allylic oxidation sites excluding steroid dienone is 1. The van der Waals surface area contributed by atoms with Gasteiger partial charge in [0.05, 0.1) is 16.5 Å². The van der Waals surface area contributed by atoms with E-state index in [1.54, 1.807) is 13.0 Å². The van der Waals surface area contributed by atoms with Gasteiger partial charge in [0, 0.05) is 17.5 Å². The highest BCUT2D eigenvalue weighted by molar-refractivity contribution is 7.99. The molecular formula is C25H23ClFN5O2S2. The molecule has 0 spiro atoms. The summed E-state index contributed by atoms with van der Waals surface area (Å²) in [6.07, 6.45) is 1.18. The molecule has 2 aromatic carbocycles. The number of benzene rings is 2. The Morgan fingerprint density at radius 2 is 2.08 bits per heavy atom. The molecule has 0 saturated carbocycles. The molecule has 1 unspecified atom stereocenters. The summed E-state index contributed by atoms with van der Waals surface area (Å²) in [6.45, 7) is 8.03. The molecule has 36 heavy (non-hydrogen) atoms. The normalized spacial score (nSPS) is 11.8. The van der Waals surface area contributed by atoms with Crippen molar-refractivity contribution < 1.29 is 13.9 Å². The lowest BCUT2D eigenvalue weighted by Gasteiger charge is -2.16. The topological polar surface area (TPSA) is 81.9 Å². The lowest BCUT2D eigenvalue weighted by atomic mass is 10.1. The number of thiazole rings is 1. The van der Waals surface area contributed by atoms with Crippen LogP contribution in [0, 0.1) is 12.7 Å². The first-order valence-corrected chi connectivity index (χ1v) is 13.2. The lowest BCUT2D eigenvalue weighted by Crippen LogP contribution is -2.15. The average Bonchev–Trinajstić information content (AvgIpc) is 3.47. The van der Waals surface area contributed by atoms with E-state index >= 15 is 0 Å². The number of aryl methyl sites for hydroxylation is 1. The fourth-order valence-corrected chi connectivity index (χ4v) is 5.00. The van der Waals surface area contributed by atoms with Crippen LogP contribution in [0.25, 0.3) is 11.3 Å². The van der Waals surface area contributed by atoms with E-state index in [9.17, 15) is 9.18 Å². The number of nitrogens with one attached hydrogen (secondary N) is 1. The molecule has 0 bridgehead atoms. The molecule has 7 nitrogen and oxygen atoms in total. The summed E-state index contributed by atoms with van der Waals surface area (Å²) < 4.78 is 21.0. The quantitative estimate of drug-likeness (QED) is 0.180. The van der Waals surface area contributed by atoms with Crippen LogP contribution in [0.1, 0.15) is 24.4 Å². The second kappa shape index (κ2) is 11.7. The molecule has 0 aliphatic rings. The van der Waals surface area contributed by atoms with Gasteiger partial charge in [-0.1, -0.05) is 59.3 Å². The predicted octanol–water partition coefficient (Wildman–Crippen LogP) is 6.56. The van der Waals surface area contributed by atoms with Crippen molar-refractivity contribution in [3.05, 3.63) is 82.7 Å². The fraction of sp³-hybridized carbons (Fsp3) is 0.200. The zero-order chi connectivity index (χ0) is 25.7. The maximum atomic E-state index is 13.3. The largest absolute Gasteiger partial charge is 0.481 e. The monoisotopic (exact) mass is 543 g/mol. The van der Waals surface area contributed by atoms with Crippen molar-refractivity contribution in [2.45, 2.75) is 31.7 Å². The van der Waals surface area contributed by atoms with Crippen molar-refractivity contribution in [3.63, 3.8) is 0 Å². The van der Waals surface area contributed by atoms with Gasteiger partial charge in [0.25, 0.3) is 0 Å². The van der Waals surface area contributed by atoms with Gasteiger partial charge in [0.1, 0.15) is 11.6 Å². The standard InChI is InChI=1S/C25H23ClFN5O2S2/c1-4-11-32-23(16(3)34-21-10-9-18(27)12-19(21)26)30-31-25(32)36-14-22(33)29-24-28-20(13-35-24)17-7-5-15(2)6-8-17/h4-10,12-13,16H,1,11,14H2,2-3H3,(H,28,29,33). The van der Waals surface area contributed by atoms with Gasteiger partial charge in [-0.05, 0) is 32.0 Å². The summed E-state index contributed by atoms with van der Waals surface area (Å²) >= 11 is 8.70. The predicted molar refractivity (Wildman–Crippen MR) is 142 cm³/mol. The third-order valence-corrected chi connectivity index (χ3v) is 7.07. The first-order chi connectivity index (χ1) is 17.3. The minimum absolute atomic E-state index is 0.119. The zero-order valence-electron chi connectivity index (χ0n) is 19.6. The van der Waals surface area contributed by atoms with Gasteiger partial charge < -0.3 is 10.1 Å². The fourth-order valence-electron chi connectivity index (χ4n) is 3.30. The van der Waals surface area contributed by atoms with E-state index < -0.39 is 11.9 Å². The number of ether oxygens (including phenoxy) is 1. The Hall–Kier alpha value is -3.21. The summed E-state index contributed by atoms with van der Waals surface area (Å²) in [5, 5.41) is 14.5. The molecule has 2 heterocycles. The van der Waals surface area contributed by atoms with Crippen LogP contribution in [0.5, 0.6) is 5.75 Å². The van der Waals surface area contributed by atoms with Crippen molar-refractivity contribution >= 4 is 45.7 Å². The average molecular weight is 544 g/mol. The SMILES string of the molecule is C=CCn1c(SCC(=O)Nc2nc(-c3ccc(C)cc3)cs2)nnc1C(C)Oc1ccc(F)cc1Cl. The molecule has 4 rings (SSSR count).